The minimum atomic E-state index is -1.16. The molecule has 0 amide bonds. The van der Waals surface area contributed by atoms with Crippen LogP contribution in [0.4, 0.5) is 5.69 Å². The van der Waals surface area contributed by atoms with Gasteiger partial charge in [-0.15, -0.1) is 0 Å². The number of benzene rings is 1. The minimum Gasteiger partial charge on any atom is -0.476 e. The van der Waals surface area contributed by atoms with Gasteiger partial charge in [-0.1, -0.05) is 29.8 Å². The molecule has 0 unspecified atom stereocenters. The van der Waals surface area contributed by atoms with Gasteiger partial charge in [-0.25, -0.2) is 9.78 Å². The van der Waals surface area contributed by atoms with Gasteiger partial charge in [0.2, 0.25) is 0 Å². The number of carbonyl (C=O) groups is 1. The number of hydrogen-bond donors (Lipinski definition) is 2. The monoisotopic (exact) mass is 248 g/mol. The summed E-state index contributed by atoms with van der Waals surface area (Å²) >= 11 is 6.01. The molecule has 1 aromatic heterocycles. The molecule has 0 atom stereocenters. The van der Waals surface area contributed by atoms with Crippen LogP contribution in [0.2, 0.25) is 5.02 Å². The normalized spacial score (nSPS) is 10.2. The van der Waals surface area contributed by atoms with E-state index in [-0.39, 0.29) is 11.4 Å². The van der Waals surface area contributed by atoms with E-state index in [1.54, 1.807) is 30.3 Å². The van der Waals surface area contributed by atoms with E-state index in [1.807, 2.05) is 0 Å². The zero-order chi connectivity index (χ0) is 12.4. The average molecular weight is 249 g/mol. The maximum absolute atomic E-state index is 10.9. The molecule has 2 rings (SSSR count). The fourth-order valence-corrected chi connectivity index (χ4v) is 1.69. The summed E-state index contributed by atoms with van der Waals surface area (Å²) in [7, 11) is 0. The Labute approximate surface area is 103 Å². The quantitative estimate of drug-likeness (QED) is 0.857. The van der Waals surface area contributed by atoms with Gasteiger partial charge in [0.25, 0.3) is 0 Å². The van der Waals surface area contributed by atoms with Crippen LogP contribution >= 0.6 is 11.6 Å². The molecule has 0 fully saturated rings. The van der Waals surface area contributed by atoms with Crippen molar-refractivity contribution in [3.8, 4) is 11.3 Å². The summed E-state index contributed by atoms with van der Waals surface area (Å²) in [6.07, 6.45) is 0. The van der Waals surface area contributed by atoms with Crippen molar-refractivity contribution in [2.45, 2.75) is 0 Å². The molecule has 0 radical (unpaired) electrons. The Bertz CT molecular complexity index is 584. The molecule has 0 spiro atoms. The Morgan fingerprint density at radius 1 is 1.24 bits per heavy atom. The first-order chi connectivity index (χ1) is 8.09. The largest absolute Gasteiger partial charge is 0.476 e. The molecule has 0 saturated heterocycles. The Balaban J connectivity index is 2.58. The number of rotatable bonds is 2. The van der Waals surface area contributed by atoms with Crippen molar-refractivity contribution >= 4 is 23.3 Å². The maximum Gasteiger partial charge on any atom is 0.356 e. The highest BCUT2D eigenvalue weighted by Crippen LogP contribution is 2.27. The fraction of sp³-hybridized carbons (Fsp3) is 0. The summed E-state index contributed by atoms with van der Waals surface area (Å²) in [6, 6.07) is 10.2. The molecule has 2 aromatic rings. The van der Waals surface area contributed by atoms with Crippen LogP contribution in [0.1, 0.15) is 10.5 Å². The molecule has 0 saturated carbocycles. The van der Waals surface area contributed by atoms with Crippen LogP contribution in [0.3, 0.4) is 0 Å². The van der Waals surface area contributed by atoms with Crippen molar-refractivity contribution in [3.63, 3.8) is 0 Å². The van der Waals surface area contributed by atoms with Crippen LogP contribution in [-0.4, -0.2) is 16.1 Å². The van der Waals surface area contributed by atoms with Crippen LogP contribution in [0.5, 0.6) is 0 Å². The van der Waals surface area contributed by atoms with Crippen molar-refractivity contribution in [1.82, 2.24) is 4.98 Å². The number of aromatic nitrogens is 1. The molecule has 17 heavy (non-hydrogen) atoms. The van der Waals surface area contributed by atoms with E-state index in [4.69, 9.17) is 22.4 Å². The fourth-order valence-electron chi connectivity index (χ4n) is 1.46. The molecule has 86 valence electrons. The van der Waals surface area contributed by atoms with E-state index < -0.39 is 5.97 Å². The zero-order valence-corrected chi connectivity index (χ0v) is 9.48. The van der Waals surface area contributed by atoms with E-state index in [0.29, 0.717) is 16.3 Å². The molecular formula is C12H9ClN2O2. The van der Waals surface area contributed by atoms with Crippen molar-refractivity contribution in [2.75, 3.05) is 5.73 Å². The molecule has 1 heterocycles. The summed E-state index contributed by atoms with van der Waals surface area (Å²) in [6.45, 7) is 0. The predicted octanol–water partition coefficient (Wildman–Crippen LogP) is 2.68. The number of carboxylic acid groups (broad SMARTS) is 1. The number of pyridine rings is 1. The highest BCUT2D eigenvalue weighted by Gasteiger charge is 2.12. The van der Waals surface area contributed by atoms with Crippen LogP contribution in [0.25, 0.3) is 11.3 Å². The lowest BCUT2D eigenvalue weighted by Crippen LogP contribution is -2.06. The molecule has 5 heteroatoms. The van der Waals surface area contributed by atoms with E-state index in [1.165, 1.54) is 6.07 Å². The maximum atomic E-state index is 10.9. The highest BCUT2D eigenvalue weighted by molar-refractivity contribution is 6.33. The van der Waals surface area contributed by atoms with E-state index >= 15 is 0 Å². The summed E-state index contributed by atoms with van der Waals surface area (Å²) < 4.78 is 0. The standard InChI is InChI=1S/C12H9ClN2O2/c13-8-4-2-1-3-7(8)10-6-5-9(14)11(15-10)12(16)17/h1-6H,14H2,(H,16,17). The molecule has 4 nitrogen and oxygen atoms in total. The second-order valence-electron chi connectivity index (χ2n) is 3.42. The van der Waals surface area contributed by atoms with Gasteiger partial charge in [-0.05, 0) is 18.2 Å². The number of nitrogens with two attached hydrogens (primary N) is 1. The SMILES string of the molecule is Nc1ccc(-c2ccccc2Cl)nc1C(=O)O. The second kappa shape index (κ2) is 4.43. The van der Waals surface area contributed by atoms with Crippen LogP contribution in [0.15, 0.2) is 36.4 Å². The van der Waals surface area contributed by atoms with Crippen molar-refractivity contribution in [2.24, 2.45) is 0 Å². The lowest BCUT2D eigenvalue weighted by molar-refractivity contribution is 0.0692. The van der Waals surface area contributed by atoms with Crippen LogP contribution < -0.4 is 5.73 Å². The third-order valence-corrected chi connectivity index (χ3v) is 2.61. The molecular weight excluding hydrogens is 240 g/mol. The highest BCUT2D eigenvalue weighted by atomic mass is 35.5. The number of nitrogen functional groups attached to an aromatic ring is 1. The number of halogens is 1. The first-order valence-corrected chi connectivity index (χ1v) is 5.22. The first-order valence-electron chi connectivity index (χ1n) is 4.84. The third-order valence-electron chi connectivity index (χ3n) is 2.28. The van der Waals surface area contributed by atoms with Crippen molar-refractivity contribution < 1.29 is 9.90 Å². The topological polar surface area (TPSA) is 76.2 Å². The number of hydrogen-bond acceptors (Lipinski definition) is 3. The lowest BCUT2D eigenvalue weighted by atomic mass is 10.1. The van der Waals surface area contributed by atoms with Gasteiger partial charge in [-0.3, -0.25) is 0 Å². The van der Waals surface area contributed by atoms with Gasteiger partial charge in [0.1, 0.15) is 0 Å². The Hall–Kier alpha value is -2.07. The number of aromatic carboxylic acids is 1. The number of nitrogens with zero attached hydrogens (tertiary/aromatic N) is 1. The summed E-state index contributed by atoms with van der Waals surface area (Å²) in [5.41, 5.74) is 6.66. The third kappa shape index (κ3) is 2.21. The Morgan fingerprint density at radius 2 is 1.94 bits per heavy atom. The average Bonchev–Trinajstić information content (AvgIpc) is 2.30. The summed E-state index contributed by atoms with van der Waals surface area (Å²) in [4.78, 5) is 14.9. The lowest BCUT2D eigenvalue weighted by Gasteiger charge is -2.06. The van der Waals surface area contributed by atoms with Crippen LogP contribution in [0, 0.1) is 0 Å². The molecule has 0 aliphatic carbocycles. The smallest absolute Gasteiger partial charge is 0.356 e. The van der Waals surface area contributed by atoms with Crippen molar-refractivity contribution in [3.05, 3.63) is 47.1 Å². The molecule has 0 bridgehead atoms. The summed E-state index contributed by atoms with van der Waals surface area (Å²) in [5, 5.41) is 9.45. The van der Waals surface area contributed by atoms with Gasteiger partial charge in [0, 0.05) is 10.6 Å². The summed E-state index contributed by atoms with van der Waals surface area (Å²) in [5.74, 6) is -1.16. The second-order valence-corrected chi connectivity index (χ2v) is 3.83. The van der Waals surface area contributed by atoms with E-state index in [2.05, 4.69) is 4.98 Å². The Kier molecular flexibility index (Phi) is 2.97. The zero-order valence-electron chi connectivity index (χ0n) is 8.72. The minimum absolute atomic E-state index is 0.133. The van der Waals surface area contributed by atoms with Gasteiger partial charge in [0.15, 0.2) is 5.69 Å². The molecule has 1 aromatic carbocycles. The number of carboxylic acids is 1. The molecule has 0 aliphatic rings. The Morgan fingerprint density at radius 3 is 2.59 bits per heavy atom. The van der Waals surface area contributed by atoms with E-state index in [9.17, 15) is 4.79 Å². The van der Waals surface area contributed by atoms with Crippen LogP contribution in [-0.2, 0) is 0 Å². The molecule has 3 N–H and O–H groups in total. The number of anilines is 1. The van der Waals surface area contributed by atoms with E-state index in [0.717, 1.165) is 0 Å². The van der Waals surface area contributed by atoms with Gasteiger partial charge in [-0.2, -0.15) is 0 Å². The molecule has 0 aliphatic heterocycles. The first kappa shape index (κ1) is 11.4. The van der Waals surface area contributed by atoms with Gasteiger partial charge >= 0.3 is 5.97 Å². The predicted molar refractivity (Wildman–Crippen MR) is 66.1 cm³/mol. The van der Waals surface area contributed by atoms with Gasteiger partial charge < -0.3 is 10.8 Å². The van der Waals surface area contributed by atoms with Crippen molar-refractivity contribution in [1.29, 1.82) is 0 Å². The van der Waals surface area contributed by atoms with Gasteiger partial charge in [0.05, 0.1) is 11.4 Å².